The van der Waals surface area contributed by atoms with E-state index in [1.165, 1.54) is 47.3 Å². The minimum atomic E-state index is -1.63. The Morgan fingerprint density at radius 1 is 1.36 bits per heavy atom. The average Bonchev–Trinajstić information content (AvgIpc) is 3.47. The number of fused-ring (bicyclic) bond motifs is 1. The highest BCUT2D eigenvalue weighted by atomic mass is 32.2. The maximum atomic E-state index is 13.1. The number of methoxy groups -OCH3 is 1. The summed E-state index contributed by atoms with van der Waals surface area (Å²) >= 11 is 4.99. The Morgan fingerprint density at radius 3 is 2.82 bits per heavy atom. The molecule has 33 heavy (non-hydrogen) atoms. The number of rotatable bonds is 10. The van der Waals surface area contributed by atoms with Crippen molar-refractivity contribution in [2.45, 2.75) is 28.2 Å². The van der Waals surface area contributed by atoms with Gasteiger partial charge in [-0.05, 0) is 28.1 Å². The average molecular weight is 532 g/mol. The molecule has 2 amide bonds. The number of aryl methyl sites for hydroxylation is 1. The van der Waals surface area contributed by atoms with Crippen molar-refractivity contribution in [2.75, 3.05) is 24.4 Å². The number of hydrogen-bond donors (Lipinski definition) is 2. The van der Waals surface area contributed by atoms with Gasteiger partial charge in [-0.15, -0.1) is 33.7 Å². The second-order valence-electron chi connectivity index (χ2n) is 6.70. The number of β-lactam (4-membered cyclic amide) rings is 1. The van der Waals surface area contributed by atoms with E-state index >= 15 is 0 Å². The largest absolute Gasteiger partial charge is 0.477 e. The van der Waals surface area contributed by atoms with Gasteiger partial charge in [0.05, 0.1) is 11.6 Å². The quantitative estimate of drug-likeness (QED) is 0.226. The molecule has 0 saturated carbocycles. The molecule has 18 heteroatoms. The molecule has 4 heterocycles. The molecule has 1 fully saturated rings. The number of carbonyl (C=O) groups is 3. The Balaban J connectivity index is 1.43. The lowest BCUT2D eigenvalue weighted by molar-refractivity contribution is -0.192. The standard InChI is InChI=1S/C15H17N9O5S4/c1-7-17-19-21-23(7)6-30-5-9(25)16-15(29-2)12(28)24-10(11(26)27)8(3-31-13(15)24)4-32-14-18-20-22-33-14/h13H,3-6H2,1-2H3,(H,16,25)(H,26,27)/t13?,15-/m1/s1. The van der Waals surface area contributed by atoms with E-state index in [1.807, 2.05) is 0 Å². The summed E-state index contributed by atoms with van der Waals surface area (Å²) in [6.45, 7) is 1.74. The lowest BCUT2D eigenvalue weighted by Crippen LogP contribution is -2.80. The number of amides is 2. The third-order valence-electron chi connectivity index (χ3n) is 4.77. The SMILES string of the molecule is CO[C@]1(NC(=O)CSCn2nnnc2C)C(=O)N2C(C(=O)O)=C(CSc3nnns3)CSC21. The number of carboxylic acid groups (broad SMARTS) is 1. The van der Waals surface area contributed by atoms with Crippen LogP contribution in [0.2, 0.25) is 0 Å². The maximum absolute atomic E-state index is 13.1. The molecule has 1 saturated heterocycles. The summed E-state index contributed by atoms with van der Waals surface area (Å²) in [6.07, 6.45) is 0. The Labute approximate surface area is 203 Å². The van der Waals surface area contributed by atoms with Gasteiger partial charge in [0.25, 0.3) is 11.6 Å². The Hall–Kier alpha value is -2.28. The van der Waals surface area contributed by atoms with Crippen LogP contribution in [0, 0.1) is 6.92 Å². The second kappa shape index (κ2) is 9.92. The van der Waals surface area contributed by atoms with Crippen LogP contribution in [-0.2, 0) is 25.0 Å². The van der Waals surface area contributed by atoms with Crippen molar-refractivity contribution in [3.63, 3.8) is 0 Å². The van der Waals surface area contributed by atoms with Crippen LogP contribution in [0.3, 0.4) is 0 Å². The molecule has 2 aliphatic rings. The summed E-state index contributed by atoms with van der Waals surface area (Å²) in [5, 5.41) is 30.2. The highest BCUT2D eigenvalue weighted by molar-refractivity contribution is 8.01. The molecule has 0 spiro atoms. The van der Waals surface area contributed by atoms with Crippen molar-refractivity contribution in [3.8, 4) is 0 Å². The van der Waals surface area contributed by atoms with E-state index in [9.17, 15) is 19.5 Å². The molecule has 176 valence electrons. The van der Waals surface area contributed by atoms with Gasteiger partial charge in [0.2, 0.25) is 5.91 Å². The van der Waals surface area contributed by atoms with Gasteiger partial charge in [0.1, 0.15) is 16.9 Å². The van der Waals surface area contributed by atoms with Crippen molar-refractivity contribution < 1.29 is 24.2 Å². The van der Waals surface area contributed by atoms with E-state index in [2.05, 4.69) is 35.6 Å². The van der Waals surface area contributed by atoms with Gasteiger partial charge in [-0.2, -0.15) is 0 Å². The molecule has 0 aliphatic carbocycles. The fourth-order valence-electron chi connectivity index (χ4n) is 3.22. The van der Waals surface area contributed by atoms with Crippen molar-refractivity contribution >= 4 is 64.6 Å². The lowest BCUT2D eigenvalue weighted by Gasteiger charge is -2.55. The first kappa shape index (κ1) is 23.9. The number of carbonyl (C=O) groups excluding carboxylic acids is 2. The van der Waals surface area contributed by atoms with Crippen molar-refractivity contribution in [3.05, 3.63) is 17.1 Å². The highest BCUT2D eigenvalue weighted by Gasteiger charge is 2.66. The molecular formula is C15H17N9O5S4. The summed E-state index contributed by atoms with van der Waals surface area (Å²) in [4.78, 5) is 38.8. The van der Waals surface area contributed by atoms with E-state index in [-0.39, 0.29) is 11.4 Å². The smallest absolute Gasteiger partial charge is 0.352 e. The van der Waals surface area contributed by atoms with Crippen LogP contribution >= 0.6 is 46.8 Å². The molecule has 2 aliphatic heterocycles. The first-order valence-corrected chi connectivity index (χ1v) is 13.2. The monoisotopic (exact) mass is 531 g/mol. The minimum absolute atomic E-state index is 0.0362. The van der Waals surface area contributed by atoms with Gasteiger partial charge in [-0.1, -0.05) is 16.3 Å². The molecule has 4 rings (SSSR count). The Morgan fingerprint density at radius 2 is 2.18 bits per heavy atom. The van der Waals surface area contributed by atoms with Gasteiger partial charge in [0.15, 0.2) is 4.34 Å². The number of tetrazole rings is 1. The first-order chi connectivity index (χ1) is 15.9. The zero-order chi connectivity index (χ0) is 23.6. The van der Waals surface area contributed by atoms with E-state index in [0.717, 1.165) is 11.5 Å². The molecule has 2 aromatic heterocycles. The lowest BCUT2D eigenvalue weighted by atomic mass is 9.98. The number of thioether (sulfide) groups is 3. The van der Waals surface area contributed by atoms with E-state index in [1.54, 1.807) is 11.6 Å². The molecule has 2 N–H and O–H groups in total. The Bertz CT molecular complexity index is 1090. The highest BCUT2D eigenvalue weighted by Crippen LogP contribution is 2.47. The normalized spacial score (nSPS) is 22.2. The maximum Gasteiger partial charge on any atom is 0.352 e. The number of aromatic nitrogens is 7. The van der Waals surface area contributed by atoms with E-state index in [0.29, 0.717) is 33.1 Å². The molecule has 2 atom stereocenters. The van der Waals surface area contributed by atoms with Gasteiger partial charge in [-0.25, -0.2) is 9.48 Å². The predicted octanol–water partition coefficient (Wildman–Crippen LogP) is -0.576. The van der Waals surface area contributed by atoms with Crippen LogP contribution in [0.15, 0.2) is 15.6 Å². The summed E-state index contributed by atoms with van der Waals surface area (Å²) in [5.41, 5.74) is -1.16. The van der Waals surface area contributed by atoms with E-state index < -0.39 is 28.9 Å². The molecule has 0 bridgehead atoms. The van der Waals surface area contributed by atoms with Crippen LogP contribution in [0.1, 0.15) is 5.82 Å². The molecule has 2 aromatic rings. The van der Waals surface area contributed by atoms with Crippen molar-refractivity contribution in [2.24, 2.45) is 0 Å². The number of carboxylic acids is 1. The predicted molar refractivity (Wildman–Crippen MR) is 119 cm³/mol. The number of aliphatic carboxylic acids is 1. The van der Waals surface area contributed by atoms with Crippen LogP contribution in [-0.4, -0.2) is 98.3 Å². The van der Waals surface area contributed by atoms with Gasteiger partial charge in [-0.3, -0.25) is 14.5 Å². The Kier molecular flexibility index (Phi) is 7.17. The van der Waals surface area contributed by atoms with Gasteiger partial charge >= 0.3 is 5.97 Å². The van der Waals surface area contributed by atoms with Crippen LogP contribution in [0.25, 0.3) is 0 Å². The number of hydrogen-bond acceptors (Lipinski definition) is 14. The summed E-state index contributed by atoms with van der Waals surface area (Å²) in [7, 11) is 1.31. The molecule has 14 nitrogen and oxygen atoms in total. The third-order valence-corrected chi connectivity index (χ3v) is 8.83. The van der Waals surface area contributed by atoms with Crippen molar-refractivity contribution in [1.29, 1.82) is 0 Å². The zero-order valence-electron chi connectivity index (χ0n) is 17.2. The van der Waals surface area contributed by atoms with Crippen LogP contribution in [0.5, 0.6) is 0 Å². The third kappa shape index (κ3) is 4.57. The topological polar surface area (TPSA) is 178 Å². The molecule has 0 radical (unpaired) electrons. The molecular weight excluding hydrogens is 514 g/mol. The van der Waals surface area contributed by atoms with E-state index in [4.69, 9.17) is 4.74 Å². The van der Waals surface area contributed by atoms with Gasteiger partial charge < -0.3 is 15.2 Å². The number of nitrogens with one attached hydrogen (secondary N) is 1. The summed E-state index contributed by atoms with van der Waals surface area (Å²) < 4.78 is 11.3. The molecule has 0 aromatic carbocycles. The summed E-state index contributed by atoms with van der Waals surface area (Å²) in [6, 6.07) is 0. The van der Waals surface area contributed by atoms with Crippen LogP contribution in [0.4, 0.5) is 0 Å². The first-order valence-electron chi connectivity index (χ1n) is 9.22. The van der Waals surface area contributed by atoms with Gasteiger partial charge in [0, 0.05) is 30.1 Å². The zero-order valence-corrected chi connectivity index (χ0v) is 20.5. The summed E-state index contributed by atoms with van der Waals surface area (Å²) in [5.74, 6) is -0.588. The van der Waals surface area contributed by atoms with Crippen molar-refractivity contribution in [1.82, 2.24) is 45.2 Å². The number of nitrogens with zero attached hydrogens (tertiary/aromatic N) is 8. The fraction of sp³-hybridized carbons (Fsp3) is 0.533. The molecule has 1 unspecified atom stereocenters. The minimum Gasteiger partial charge on any atom is -0.477 e. The fourth-order valence-corrected chi connectivity index (χ4v) is 6.88. The number of ether oxygens (including phenoxy) is 1. The van der Waals surface area contributed by atoms with Crippen LogP contribution < -0.4 is 5.32 Å². The second-order valence-corrected chi connectivity index (χ2v) is 10.7.